The van der Waals surface area contributed by atoms with Crippen molar-refractivity contribution >= 4 is 17.7 Å². The molecule has 0 bridgehead atoms. The molecule has 2 rings (SSSR count). The lowest BCUT2D eigenvalue weighted by atomic mass is 10.2. The fourth-order valence-electron chi connectivity index (χ4n) is 1.91. The van der Waals surface area contributed by atoms with Crippen LogP contribution >= 0.6 is 11.6 Å². The summed E-state index contributed by atoms with van der Waals surface area (Å²) in [5.74, 6) is 0.824. The first-order valence-corrected chi connectivity index (χ1v) is 6.95. The zero-order valence-electron chi connectivity index (χ0n) is 11.5. The van der Waals surface area contributed by atoms with Gasteiger partial charge in [0.15, 0.2) is 0 Å². The lowest BCUT2D eigenvalue weighted by Crippen LogP contribution is -2.08. The highest BCUT2D eigenvalue weighted by Gasteiger charge is 2.06. The Kier molecular flexibility index (Phi) is 5.66. The van der Waals surface area contributed by atoms with Gasteiger partial charge < -0.3 is 10.1 Å². The lowest BCUT2D eigenvalue weighted by Gasteiger charge is -2.11. The highest BCUT2D eigenvalue weighted by molar-refractivity contribution is 6.31. The molecular formula is C17H18ClNO. The fraction of sp³-hybridized carbons (Fsp3) is 0.176. The van der Waals surface area contributed by atoms with Gasteiger partial charge in [0.05, 0.1) is 0 Å². The Bertz CT molecular complexity index is 566. The Morgan fingerprint density at radius 1 is 1.10 bits per heavy atom. The molecule has 0 aliphatic heterocycles. The van der Waals surface area contributed by atoms with Crippen molar-refractivity contribution in [2.45, 2.75) is 6.54 Å². The van der Waals surface area contributed by atoms with E-state index in [1.54, 1.807) is 0 Å². The number of nitrogens with one attached hydrogen (secondary N) is 1. The average molecular weight is 288 g/mol. The van der Waals surface area contributed by atoms with Gasteiger partial charge in [-0.1, -0.05) is 54.1 Å². The highest BCUT2D eigenvalue weighted by Crippen LogP contribution is 2.26. The van der Waals surface area contributed by atoms with E-state index in [0.717, 1.165) is 21.9 Å². The van der Waals surface area contributed by atoms with Gasteiger partial charge in [-0.25, -0.2) is 0 Å². The first kappa shape index (κ1) is 14.6. The molecule has 3 heteroatoms. The first-order valence-electron chi connectivity index (χ1n) is 6.57. The summed E-state index contributed by atoms with van der Waals surface area (Å²) in [6.45, 7) is 1.21. The molecule has 0 fully saturated rings. The van der Waals surface area contributed by atoms with Crippen molar-refractivity contribution in [3.63, 3.8) is 0 Å². The van der Waals surface area contributed by atoms with Gasteiger partial charge in [-0.05, 0) is 30.8 Å². The van der Waals surface area contributed by atoms with E-state index >= 15 is 0 Å². The maximum atomic E-state index is 6.18. The van der Waals surface area contributed by atoms with E-state index in [4.69, 9.17) is 16.3 Å². The summed E-state index contributed by atoms with van der Waals surface area (Å²) in [6.07, 6.45) is 4.04. The van der Waals surface area contributed by atoms with Gasteiger partial charge in [0.1, 0.15) is 12.4 Å². The zero-order valence-corrected chi connectivity index (χ0v) is 12.2. The van der Waals surface area contributed by atoms with Gasteiger partial charge in [-0.15, -0.1) is 0 Å². The minimum absolute atomic E-state index is 0.520. The van der Waals surface area contributed by atoms with Crippen LogP contribution in [0, 0.1) is 0 Å². The van der Waals surface area contributed by atoms with Gasteiger partial charge in [0, 0.05) is 17.1 Å². The third-order valence-electron chi connectivity index (χ3n) is 2.87. The molecule has 0 heterocycles. The van der Waals surface area contributed by atoms with Crippen LogP contribution in [0.1, 0.15) is 11.1 Å². The Morgan fingerprint density at radius 2 is 1.90 bits per heavy atom. The molecule has 0 aliphatic rings. The van der Waals surface area contributed by atoms with E-state index in [-0.39, 0.29) is 0 Å². The van der Waals surface area contributed by atoms with Crippen molar-refractivity contribution in [2.75, 3.05) is 13.7 Å². The van der Waals surface area contributed by atoms with Crippen LogP contribution < -0.4 is 10.1 Å². The molecule has 0 radical (unpaired) electrons. The number of ether oxygens (including phenoxy) is 1. The summed E-state index contributed by atoms with van der Waals surface area (Å²) in [4.78, 5) is 0. The van der Waals surface area contributed by atoms with Crippen LogP contribution in [0.15, 0.2) is 54.6 Å². The summed E-state index contributed by atoms with van der Waals surface area (Å²) in [7, 11) is 1.89. The van der Waals surface area contributed by atoms with Crippen LogP contribution in [0.5, 0.6) is 5.75 Å². The largest absolute Gasteiger partial charge is 0.489 e. The van der Waals surface area contributed by atoms with E-state index in [0.29, 0.717) is 13.2 Å². The van der Waals surface area contributed by atoms with Crippen molar-refractivity contribution in [1.29, 1.82) is 0 Å². The molecule has 0 saturated heterocycles. The van der Waals surface area contributed by atoms with Crippen molar-refractivity contribution < 1.29 is 4.74 Å². The SMILES string of the molecule is CNCc1c(Cl)cccc1OC/C=C/c1ccccc1. The van der Waals surface area contributed by atoms with E-state index in [1.807, 2.05) is 55.6 Å². The first-order chi connectivity index (χ1) is 9.81. The molecule has 104 valence electrons. The molecule has 1 N–H and O–H groups in total. The summed E-state index contributed by atoms with van der Waals surface area (Å²) >= 11 is 6.18. The highest BCUT2D eigenvalue weighted by atomic mass is 35.5. The topological polar surface area (TPSA) is 21.3 Å². The van der Waals surface area contributed by atoms with Gasteiger partial charge >= 0.3 is 0 Å². The summed E-state index contributed by atoms with van der Waals surface area (Å²) in [5.41, 5.74) is 2.16. The second-order valence-corrected chi connectivity index (χ2v) is 4.78. The molecule has 2 nitrogen and oxygen atoms in total. The number of hydrogen-bond acceptors (Lipinski definition) is 2. The van der Waals surface area contributed by atoms with E-state index in [1.165, 1.54) is 0 Å². The van der Waals surface area contributed by atoms with Gasteiger partial charge in [0.2, 0.25) is 0 Å². The van der Waals surface area contributed by atoms with E-state index < -0.39 is 0 Å². The van der Waals surface area contributed by atoms with Crippen molar-refractivity contribution in [3.8, 4) is 5.75 Å². The minimum Gasteiger partial charge on any atom is -0.489 e. The normalized spacial score (nSPS) is 10.9. The maximum absolute atomic E-state index is 6.18. The van der Waals surface area contributed by atoms with Gasteiger partial charge in [-0.3, -0.25) is 0 Å². The van der Waals surface area contributed by atoms with Gasteiger partial charge in [0.25, 0.3) is 0 Å². The number of benzene rings is 2. The average Bonchev–Trinajstić information content (AvgIpc) is 2.48. The van der Waals surface area contributed by atoms with E-state index in [2.05, 4.69) is 17.4 Å². The predicted octanol–water partition coefficient (Wildman–Crippen LogP) is 4.15. The molecule has 0 atom stereocenters. The number of rotatable bonds is 6. The maximum Gasteiger partial charge on any atom is 0.125 e. The molecule has 0 unspecified atom stereocenters. The summed E-state index contributed by atoms with van der Waals surface area (Å²) in [6, 6.07) is 15.9. The summed E-state index contributed by atoms with van der Waals surface area (Å²) in [5, 5.41) is 3.82. The number of halogens is 1. The van der Waals surface area contributed by atoms with Gasteiger partial charge in [-0.2, -0.15) is 0 Å². The second kappa shape index (κ2) is 7.73. The Morgan fingerprint density at radius 3 is 2.65 bits per heavy atom. The van der Waals surface area contributed by atoms with Crippen molar-refractivity contribution in [3.05, 3.63) is 70.8 Å². The molecule has 2 aromatic carbocycles. The van der Waals surface area contributed by atoms with Crippen molar-refractivity contribution in [1.82, 2.24) is 5.32 Å². The molecule has 20 heavy (non-hydrogen) atoms. The van der Waals surface area contributed by atoms with Crippen molar-refractivity contribution in [2.24, 2.45) is 0 Å². The molecule has 0 amide bonds. The summed E-state index contributed by atoms with van der Waals surface area (Å²) < 4.78 is 5.78. The third-order valence-corrected chi connectivity index (χ3v) is 3.23. The molecule has 0 spiro atoms. The van der Waals surface area contributed by atoms with Crippen LogP contribution in [0.25, 0.3) is 6.08 Å². The predicted molar refractivity (Wildman–Crippen MR) is 85.2 cm³/mol. The minimum atomic E-state index is 0.520. The monoisotopic (exact) mass is 287 g/mol. The number of hydrogen-bond donors (Lipinski definition) is 1. The lowest BCUT2D eigenvalue weighted by molar-refractivity contribution is 0.358. The quantitative estimate of drug-likeness (QED) is 0.862. The molecule has 0 saturated carbocycles. The standard InChI is InChI=1S/C17H18ClNO/c1-19-13-15-16(18)10-5-11-17(15)20-12-6-9-14-7-3-2-4-8-14/h2-11,19H,12-13H2,1H3/b9-6+. The zero-order chi connectivity index (χ0) is 14.2. The smallest absolute Gasteiger partial charge is 0.125 e. The van der Waals surface area contributed by atoms with Crippen LogP contribution in [0.2, 0.25) is 5.02 Å². The third kappa shape index (κ3) is 4.12. The Labute approximate surface area is 125 Å². The second-order valence-electron chi connectivity index (χ2n) is 4.37. The molecule has 0 aromatic heterocycles. The fourth-order valence-corrected chi connectivity index (χ4v) is 2.14. The molecule has 2 aromatic rings. The van der Waals surface area contributed by atoms with Crippen LogP contribution in [0.3, 0.4) is 0 Å². The van der Waals surface area contributed by atoms with Crippen LogP contribution in [0.4, 0.5) is 0 Å². The Hall–Kier alpha value is -1.77. The Balaban J connectivity index is 1.97. The van der Waals surface area contributed by atoms with E-state index in [9.17, 15) is 0 Å². The van der Waals surface area contributed by atoms with Crippen LogP contribution in [-0.2, 0) is 6.54 Å². The molecule has 0 aliphatic carbocycles. The van der Waals surface area contributed by atoms with Crippen LogP contribution in [-0.4, -0.2) is 13.7 Å². The molecular weight excluding hydrogens is 270 g/mol.